The Morgan fingerprint density at radius 2 is 1.34 bits per heavy atom. The molecule has 0 aliphatic carbocycles. The number of aliphatic hydroxyl groups is 1. The van der Waals surface area contributed by atoms with E-state index in [1.807, 2.05) is 60.7 Å². The van der Waals surface area contributed by atoms with Crippen molar-refractivity contribution in [1.82, 2.24) is 21.3 Å². The molecule has 4 amide bonds. The lowest BCUT2D eigenvalue weighted by atomic mass is 9.97. The number of carbonyl (C=O) groups is 4. The summed E-state index contributed by atoms with van der Waals surface area (Å²) in [6.45, 7) is 2.87. The van der Waals surface area contributed by atoms with E-state index in [4.69, 9.17) is 0 Å². The average Bonchev–Trinajstić information content (AvgIpc) is 2.83. The van der Waals surface area contributed by atoms with Gasteiger partial charge in [-0.15, -0.1) is 0 Å². The third-order valence-electron chi connectivity index (χ3n) is 5.48. The second-order valence-electron chi connectivity index (χ2n) is 8.42. The fourth-order valence-corrected chi connectivity index (χ4v) is 3.65. The van der Waals surface area contributed by atoms with Crippen LogP contribution in [-0.2, 0) is 32.0 Å². The summed E-state index contributed by atoms with van der Waals surface area (Å²) in [5.74, 6) is -1.71. The molecule has 0 bridgehead atoms. The number of amides is 4. The van der Waals surface area contributed by atoms with Gasteiger partial charge in [-0.2, -0.15) is 0 Å². The van der Waals surface area contributed by atoms with Crippen LogP contribution in [0.4, 0.5) is 0 Å². The Balaban J connectivity index is 2.16. The molecule has 188 valence electrons. The summed E-state index contributed by atoms with van der Waals surface area (Å²) in [5.41, 5.74) is 1.72. The molecule has 0 radical (unpaired) electrons. The second kappa shape index (κ2) is 13.9. The number of aliphatic hydroxyl groups excluding tert-OH is 1. The van der Waals surface area contributed by atoms with Crippen molar-refractivity contribution in [3.63, 3.8) is 0 Å². The summed E-state index contributed by atoms with van der Waals surface area (Å²) in [6, 6.07) is 16.1. The summed E-state index contributed by atoms with van der Waals surface area (Å²) < 4.78 is 0. The van der Waals surface area contributed by atoms with E-state index < -0.39 is 36.0 Å². The van der Waals surface area contributed by atoms with Crippen molar-refractivity contribution in [3.8, 4) is 0 Å². The van der Waals surface area contributed by atoms with E-state index in [0.29, 0.717) is 0 Å². The molecule has 2 rings (SSSR count). The molecule has 0 fully saturated rings. The fraction of sp³-hybridized carbons (Fsp3) is 0.385. The normalized spacial score (nSPS) is 14.1. The van der Waals surface area contributed by atoms with Crippen LogP contribution in [0, 0.1) is 0 Å². The van der Waals surface area contributed by atoms with Gasteiger partial charge in [0.1, 0.15) is 12.1 Å². The van der Waals surface area contributed by atoms with E-state index in [2.05, 4.69) is 21.3 Å². The summed E-state index contributed by atoms with van der Waals surface area (Å²) in [4.78, 5) is 49.1. The number of rotatable bonds is 12. The first-order valence-electron chi connectivity index (χ1n) is 11.5. The third kappa shape index (κ3) is 9.58. The maximum Gasteiger partial charge on any atom is 0.243 e. The lowest BCUT2D eigenvalue weighted by molar-refractivity contribution is -0.131. The summed E-state index contributed by atoms with van der Waals surface area (Å²) in [7, 11) is 1.46. The van der Waals surface area contributed by atoms with E-state index in [0.717, 1.165) is 11.1 Å². The van der Waals surface area contributed by atoms with Gasteiger partial charge >= 0.3 is 0 Å². The first-order chi connectivity index (χ1) is 16.7. The molecule has 0 spiro atoms. The molecule has 0 saturated carbocycles. The highest BCUT2D eigenvalue weighted by Gasteiger charge is 2.29. The van der Waals surface area contributed by atoms with Gasteiger partial charge in [-0.05, 0) is 24.5 Å². The second-order valence-corrected chi connectivity index (χ2v) is 8.42. The van der Waals surface area contributed by atoms with Gasteiger partial charge in [0.25, 0.3) is 0 Å². The van der Waals surface area contributed by atoms with Crippen molar-refractivity contribution in [1.29, 1.82) is 0 Å². The first kappa shape index (κ1) is 27.5. The van der Waals surface area contributed by atoms with E-state index >= 15 is 0 Å². The number of benzene rings is 2. The molecule has 2 aromatic carbocycles. The zero-order valence-corrected chi connectivity index (χ0v) is 20.3. The van der Waals surface area contributed by atoms with Gasteiger partial charge in [-0.1, -0.05) is 60.7 Å². The summed E-state index contributed by atoms with van der Waals surface area (Å²) in [5, 5.41) is 21.4. The highest BCUT2D eigenvalue weighted by molar-refractivity contribution is 5.88. The molecule has 9 nitrogen and oxygen atoms in total. The van der Waals surface area contributed by atoms with Crippen molar-refractivity contribution in [2.24, 2.45) is 0 Å². The SMILES string of the molecule is CNC(=O)[C@H](C)NC(=O)C[C@H](O)[C@H](Cc1ccccc1)NC(=O)[C@H](Cc1ccccc1)NC(C)=O. The van der Waals surface area contributed by atoms with Crippen LogP contribution in [0.15, 0.2) is 60.7 Å². The largest absolute Gasteiger partial charge is 0.390 e. The fourth-order valence-electron chi connectivity index (χ4n) is 3.65. The van der Waals surface area contributed by atoms with E-state index in [1.54, 1.807) is 0 Å². The molecule has 0 aromatic heterocycles. The van der Waals surface area contributed by atoms with Crippen LogP contribution >= 0.6 is 0 Å². The predicted molar refractivity (Wildman–Crippen MR) is 132 cm³/mol. The summed E-state index contributed by atoms with van der Waals surface area (Å²) >= 11 is 0. The van der Waals surface area contributed by atoms with Crippen LogP contribution in [0.25, 0.3) is 0 Å². The van der Waals surface area contributed by atoms with Gasteiger partial charge in [-0.25, -0.2) is 0 Å². The molecule has 4 atom stereocenters. The minimum Gasteiger partial charge on any atom is -0.390 e. The topological polar surface area (TPSA) is 137 Å². The van der Waals surface area contributed by atoms with Crippen LogP contribution in [-0.4, -0.2) is 60.0 Å². The highest BCUT2D eigenvalue weighted by Crippen LogP contribution is 2.11. The van der Waals surface area contributed by atoms with Gasteiger partial charge in [0.2, 0.25) is 23.6 Å². The van der Waals surface area contributed by atoms with E-state index in [1.165, 1.54) is 20.9 Å². The van der Waals surface area contributed by atoms with Gasteiger partial charge < -0.3 is 26.4 Å². The lowest BCUT2D eigenvalue weighted by Gasteiger charge is -2.27. The number of carbonyl (C=O) groups excluding carboxylic acids is 4. The van der Waals surface area contributed by atoms with Gasteiger partial charge in [0.15, 0.2) is 0 Å². The average molecular weight is 483 g/mol. The Kier molecular flexibility index (Phi) is 10.9. The van der Waals surface area contributed by atoms with Crippen molar-refractivity contribution >= 4 is 23.6 Å². The van der Waals surface area contributed by atoms with Crippen LogP contribution in [0.2, 0.25) is 0 Å². The molecule has 5 N–H and O–H groups in total. The molecule has 2 aromatic rings. The highest BCUT2D eigenvalue weighted by atomic mass is 16.3. The summed E-state index contributed by atoms with van der Waals surface area (Å²) in [6.07, 6.45) is -1.01. The molecule has 0 aliphatic rings. The molecular formula is C26H34N4O5. The first-order valence-corrected chi connectivity index (χ1v) is 11.5. The predicted octanol–water partition coefficient (Wildman–Crippen LogP) is 0.463. The quantitative estimate of drug-likeness (QED) is 0.299. The zero-order chi connectivity index (χ0) is 25.8. The maximum atomic E-state index is 13.2. The molecule has 9 heteroatoms. The van der Waals surface area contributed by atoms with Crippen LogP contribution < -0.4 is 21.3 Å². The van der Waals surface area contributed by atoms with Gasteiger partial charge in [-0.3, -0.25) is 19.2 Å². The third-order valence-corrected chi connectivity index (χ3v) is 5.48. The van der Waals surface area contributed by atoms with E-state index in [9.17, 15) is 24.3 Å². The monoisotopic (exact) mass is 482 g/mol. The zero-order valence-electron chi connectivity index (χ0n) is 20.3. The van der Waals surface area contributed by atoms with Crippen molar-refractivity contribution < 1.29 is 24.3 Å². The lowest BCUT2D eigenvalue weighted by Crippen LogP contribution is -2.54. The minimum absolute atomic E-state index is 0.268. The van der Waals surface area contributed by atoms with Crippen molar-refractivity contribution in [2.75, 3.05) is 7.05 Å². The molecular weight excluding hydrogens is 448 g/mol. The smallest absolute Gasteiger partial charge is 0.243 e. The Morgan fingerprint density at radius 1 is 0.800 bits per heavy atom. The number of nitrogens with one attached hydrogen (secondary N) is 4. The van der Waals surface area contributed by atoms with Gasteiger partial charge in [0, 0.05) is 20.4 Å². The Bertz CT molecular complexity index is 984. The van der Waals surface area contributed by atoms with Crippen LogP contribution in [0.5, 0.6) is 0 Å². The van der Waals surface area contributed by atoms with Crippen molar-refractivity contribution in [3.05, 3.63) is 71.8 Å². The minimum atomic E-state index is -1.23. The molecule has 0 aliphatic heterocycles. The van der Waals surface area contributed by atoms with Gasteiger partial charge in [0.05, 0.1) is 18.6 Å². The Labute approximate surface area is 205 Å². The number of hydrogen-bond acceptors (Lipinski definition) is 5. The van der Waals surface area contributed by atoms with Crippen LogP contribution in [0.3, 0.4) is 0 Å². The van der Waals surface area contributed by atoms with E-state index in [-0.39, 0.29) is 31.1 Å². The standard InChI is InChI=1S/C26H34N4O5/c1-17(25(34)27-3)28-24(33)16-23(32)21(14-19-10-6-4-7-11-19)30-26(35)22(29-18(2)31)15-20-12-8-5-9-13-20/h4-13,17,21-23,32H,14-16H2,1-3H3,(H,27,34)(H,28,33)(H,29,31)(H,30,35)/t17-,21-,22-,23-/m0/s1. The maximum absolute atomic E-state index is 13.2. The Morgan fingerprint density at radius 3 is 1.86 bits per heavy atom. The number of hydrogen-bond donors (Lipinski definition) is 5. The molecule has 0 saturated heterocycles. The molecule has 0 heterocycles. The van der Waals surface area contributed by atoms with Crippen molar-refractivity contribution in [2.45, 2.75) is 57.3 Å². The van der Waals surface area contributed by atoms with Crippen LogP contribution in [0.1, 0.15) is 31.4 Å². The molecule has 35 heavy (non-hydrogen) atoms. The molecule has 0 unspecified atom stereocenters. The Hall–Kier alpha value is -3.72. The number of likely N-dealkylation sites (N-methyl/N-ethyl adjacent to an activating group) is 1.